The van der Waals surface area contributed by atoms with Crippen LogP contribution in [-0.2, 0) is 14.6 Å². The van der Waals surface area contributed by atoms with Crippen molar-refractivity contribution in [1.82, 2.24) is 4.98 Å². The maximum absolute atomic E-state index is 12.0. The summed E-state index contributed by atoms with van der Waals surface area (Å²) < 4.78 is 23.6. The molecule has 1 aliphatic rings. The lowest BCUT2D eigenvalue weighted by Crippen LogP contribution is -2.39. The van der Waals surface area contributed by atoms with E-state index in [-0.39, 0.29) is 22.4 Å². The van der Waals surface area contributed by atoms with Gasteiger partial charge in [-0.15, -0.1) is 11.3 Å². The third-order valence-corrected chi connectivity index (χ3v) is 5.90. The molecule has 8 heteroatoms. The van der Waals surface area contributed by atoms with E-state index in [1.165, 1.54) is 12.3 Å². The number of hydrogen-bond donors (Lipinski definition) is 1. The highest BCUT2D eigenvalue weighted by Gasteiger charge is 2.35. The fraction of sp³-hybridized carbons (Fsp3) is 0.545. The van der Waals surface area contributed by atoms with E-state index in [4.69, 9.17) is 0 Å². The summed E-state index contributed by atoms with van der Waals surface area (Å²) in [5.41, 5.74) is 0.270. The molecule has 0 spiro atoms. The molecule has 1 amide bonds. The van der Waals surface area contributed by atoms with Crippen LogP contribution in [0.1, 0.15) is 36.7 Å². The van der Waals surface area contributed by atoms with Gasteiger partial charge in [-0.1, -0.05) is 6.42 Å². The van der Waals surface area contributed by atoms with Crippen molar-refractivity contribution in [2.75, 3.05) is 11.1 Å². The largest absolute Gasteiger partial charge is 0.301 e. The van der Waals surface area contributed by atoms with Crippen molar-refractivity contribution in [3.63, 3.8) is 0 Å². The molecule has 2 rings (SSSR count). The third-order valence-electron chi connectivity index (χ3n) is 2.97. The van der Waals surface area contributed by atoms with Crippen LogP contribution in [-0.4, -0.2) is 36.1 Å². The maximum Gasteiger partial charge on any atom is 0.244 e. The molecule has 1 aromatic heterocycles. The number of hydrogen-bond acceptors (Lipinski definition) is 6. The molecule has 19 heavy (non-hydrogen) atoms. The first-order chi connectivity index (χ1) is 8.90. The van der Waals surface area contributed by atoms with Gasteiger partial charge in [0.1, 0.15) is 10.9 Å². The summed E-state index contributed by atoms with van der Waals surface area (Å²) in [5, 5.41) is 3.28. The SMILES string of the molecule is CC(=O)c1csc(NC(=O)C2CCCCS2(=O)=O)n1. The van der Waals surface area contributed by atoms with Crippen LogP contribution < -0.4 is 5.32 Å². The highest BCUT2D eigenvalue weighted by molar-refractivity contribution is 7.92. The second-order valence-electron chi connectivity index (χ2n) is 4.43. The fourth-order valence-electron chi connectivity index (χ4n) is 1.93. The molecule has 2 heterocycles. The van der Waals surface area contributed by atoms with Gasteiger partial charge in [0, 0.05) is 12.3 Å². The molecule has 6 nitrogen and oxygen atoms in total. The standard InChI is InChI=1S/C11H14N2O4S2/c1-7(14)8-6-18-11(12-8)13-10(15)9-4-2-3-5-19(9,16)17/h6,9H,2-5H2,1H3,(H,12,13,15). The van der Waals surface area contributed by atoms with Gasteiger partial charge >= 0.3 is 0 Å². The molecular formula is C11H14N2O4S2. The van der Waals surface area contributed by atoms with Crippen molar-refractivity contribution in [2.45, 2.75) is 31.4 Å². The van der Waals surface area contributed by atoms with Crippen LogP contribution in [0.2, 0.25) is 0 Å². The first-order valence-corrected chi connectivity index (χ1v) is 8.48. The first kappa shape index (κ1) is 14.1. The highest BCUT2D eigenvalue weighted by atomic mass is 32.2. The Morgan fingerprint density at radius 1 is 1.42 bits per heavy atom. The first-order valence-electron chi connectivity index (χ1n) is 5.89. The number of anilines is 1. The van der Waals surface area contributed by atoms with Crippen LogP contribution in [0.25, 0.3) is 0 Å². The van der Waals surface area contributed by atoms with Gasteiger partial charge in [0.2, 0.25) is 5.91 Å². The zero-order valence-corrected chi connectivity index (χ0v) is 12.0. The Hall–Kier alpha value is -1.28. The maximum atomic E-state index is 12.0. The third kappa shape index (κ3) is 3.19. The van der Waals surface area contributed by atoms with Crippen molar-refractivity contribution in [2.24, 2.45) is 0 Å². The van der Waals surface area contributed by atoms with E-state index in [0.717, 1.165) is 17.8 Å². The predicted molar refractivity (Wildman–Crippen MR) is 72.2 cm³/mol. The Labute approximate surface area is 115 Å². The van der Waals surface area contributed by atoms with Crippen LogP contribution in [0.4, 0.5) is 5.13 Å². The van der Waals surface area contributed by atoms with Crippen LogP contribution in [0.5, 0.6) is 0 Å². The Morgan fingerprint density at radius 3 is 2.74 bits per heavy atom. The zero-order valence-electron chi connectivity index (χ0n) is 10.4. The summed E-state index contributed by atoms with van der Waals surface area (Å²) in [6.45, 7) is 1.38. The number of rotatable bonds is 3. The normalized spacial score (nSPS) is 21.8. The minimum Gasteiger partial charge on any atom is -0.301 e. The van der Waals surface area contributed by atoms with Crippen molar-refractivity contribution in [3.8, 4) is 0 Å². The van der Waals surface area contributed by atoms with E-state index in [1.807, 2.05) is 0 Å². The molecule has 1 aromatic rings. The molecule has 1 N–H and O–H groups in total. The Balaban J connectivity index is 2.09. The Bertz CT molecular complexity index is 606. The molecule has 104 valence electrons. The van der Waals surface area contributed by atoms with E-state index >= 15 is 0 Å². The van der Waals surface area contributed by atoms with Crippen molar-refractivity contribution in [1.29, 1.82) is 0 Å². The smallest absolute Gasteiger partial charge is 0.244 e. The Morgan fingerprint density at radius 2 is 2.16 bits per heavy atom. The number of thiazole rings is 1. The van der Waals surface area contributed by atoms with Crippen LogP contribution >= 0.6 is 11.3 Å². The number of sulfone groups is 1. The number of amides is 1. The number of nitrogens with zero attached hydrogens (tertiary/aromatic N) is 1. The van der Waals surface area contributed by atoms with Crippen LogP contribution in [0, 0.1) is 0 Å². The summed E-state index contributed by atoms with van der Waals surface area (Å²) in [6, 6.07) is 0. The molecule has 0 radical (unpaired) electrons. The van der Waals surface area contributed by atoms with E-state index in [2.05, 4.69) is 10.3 Å². The zero-order chi connectivity index (χ0) is 14.0. The van der Waals surface area contributed by atoms with Gasteiger partial charge in [-0.2, -0.15) is 0 Å². The molecule has 1 fully saturated rings. The monoisotopic (exact) mass is 302 g/mol. The molecule has 0 saturated carbocycles. The summed E-state index contributed by atoms with van der Waals surface area (Å²) >= 11 is 1.11. The topological polar surface area (TPSA) is 93.2 Å². The Kier molecular flexibility index (Phi) is 4.00. The highest BCUT2D eigenvalue weighted by Crippen LogP contribution is 2.22. The second-order valence-corrected chi connectivity index (χ2v) is 7.60. The number of aromatic nitrogens is 1. The molecule has 0 bridgehead atoms. The van der Waals surface area contributed by atoms with E-state index in [1.54, 1.807) is 0 Å². The van der Waals surface area contributed by atoms with Crippen LogP contribution in [0.3, 0.4) is 0 Å². The number of nitrogens with one attached hydrogen (secondary N) is 1. The molecule has 1 saturated heterocycles. The van der Waals surface area contributed by atoms with E-state index < -0.39 is 21.0 Å². The number of ketones is 1. The van der Waals surface area contributed by atoms with Crippen LogP contribution in [0.15, 0.2) is 5.38 Å². The summed E-state index contributed by atoms with van der Waals surface area (Å²) in [5.74, 6) is -0.687. The number of carbonyl (C=O) groups excluding carboxylic acids is 2. The average Bonchev–Trinajstić information content (AvgIpc) is 2.76. The fourth-order valence-corrected chi connectivity index (χ4v) is 4.48. The molecule has 1 atom stereocenters. The number of carbonyl (C=O) groups is 2. The van der Waals surface area contributed by atoms with Crippen molar-refractivity contribution < 1.29 is 18.0 Å². The van der Waals surface area contributed by atoms with Crippen molar-refractivity contribution >= 4 is 38.0 Å². The lowest BCUT2D eigenvalue weighted by atomic mass is 10.2. The molecular weight excluding hydrogens is 288 g/mol. The van der Waals surface area contributed by atoms with E-state index in [9.17, 15) is 18.0 Å². The molecule has 0 aliphatic carbocycles. The second kappa shape index (κ2) is 5.38. The average molecular weight is 302 g/mol. The van der Waals surface area contributed by atoms with Gasteiger partial charge < -0.3 is 5.32 Å². The van der Waals surface area contributed by atoms with Gasteiger partial charge in [0.15, 0.2) is 20.8 Å². The van der Waals surface area contributed by atoms with Gasteiger partial charge in [0.25, 0.3) is 0 Å². The lowest BCUT2D eigenvalue weighted by Gasteiger charge is -2.20. The predicted octanol–water partition coefficient (Wildman–Crippen LogP) is 1.25. The van der Waals surface area contributed by atoms with Gasteiger partial charge in [0.05, 0.1) is 5.75 Å². The quantitative estimate of drug-likeness (QED) is 0.848. The van der Waals surface area contributed by atoms with Gasteiger partial charge in [-0.25, -0.2) is 13.4 Å². The summed E-state index contributed by atoms with van der Waals surface area (Å²) in [4.78, 5) is 27.0. The minimum atomic E-state index is -3.35. The van der Waals surface area contributed by atoms with E-state index in [0.29, 0.717) is 12.8 Å². The van der Waals surface area contributed by atoms with Gasteiger partial charge in [-0.3, -0.25) is 9.59 Å². The molecule has 0 aromatic carbocycles. The molecule has 1 aliphatic heterocycles. The van der Waals surface area contributed by atoms with Crippen molar-refractivity contribution in [3.05, 3.63) is 11.1 Å². The van der Waals surface area contributed by atoms with Gasteiger partial charge in [-0.05, 0) is 12.8 Å². The summed E-state index contributed by atoms with van der Waals surface area (Å²) in [7, 11) is -3.35. The lowest BCUT2D eigenvalue weighted by molar-refractivity contribution is -0.116. The number of Topliss-reactive ketones (excluding diaryl/α,β-unsaturated/α-hetero) is 1. The summed E-state index contributed by atoms with van der Waals surface area (Å²) in [6.07, 6.45) is 1.69. The minimum absolute atomic E-state index is 0.0572. The molecule has 1 unspecified atom stereocenters.